The molecule has 0 aliphatic carbocycles. The molecular formula is C10H21F3N4O. The summed E-state index contributed by atoms with van der Waals surface area (Å²) in [4.78, 5) is 5.04. The first-order valence-electron chi connectivity index (χ1n) is 5.85. The third-order valence-corrected chi connectivity index (χ3v) is 2.09. The number of guanidine groups is 1. The fourth-order valence-corrected chi connectivity index (χ4v) is 1.29. The molecule has 0 aliphatic rings. The maximum Gasteiger partial charge on any atom is 0.406 e. The topological polar surface area (TPSA) is 62.9 Å². The van der Waals surface area contributed by atoms with Crippen LogP contribution in [0.4, 0.5) is 13.2 Å². The molecule has 0 unspecified atom stereocenters. The molecule has 108 valence electrons. The second-order valence-electron chi connectivity index (χ2n) is 3.53. The van der Waals surface area contributed by atoms with Gasteiger partial charge < -0.3 is 9.64 Å². The van der Waals surface area contributed by atoms with Crippen LogP contribution in [0.25, 0.3) is 0 Å². The van der Waals surface area contributed by atoms with Gasteiger partial charge in [0.2, 0.25) is 5.96 Å². The molecule has 0 aromatic heterocycles. The van der Waals surface area contributed by atoms with E-state index in [4.69, 9.17) is 10.6 Å². The average molecular weight is 270 g/mol. The molecule has 0 bridgehead atoms. The Morgan fingerprint density at radius 2 is 2.06 bits per heavy atom. The largest absolute Gasteiger partial charge is 0.406 e. The van der Waals surface area contributed by atoms with Crippen molar-refractivity contribution >= 4 is 5.96 Å². The predicted octanol–water partition coefficient (Wildman–Crippen LogP) is 1.12. The maximum absolute atomic E-state index is 12.3. The number of nitrogens with one attached hydrogen (secondary N) is 1. The van der Waals surface area contributed by atoms with Gasteiger partial charge in [0.15, 0.2) is 0 Å². The Hall–Kier alpha value is -1.02. The molecule has 0 aliphatic heterocycles. The highest BCUT2D eigenvalue weighted by Gasteiger charge is 2.31. The van der Waals surface area contributed by atoms with Gasteiger partial charge in [0.25, 0.3) is 0 Å². The number of aliphatic imine (C=N–C) groups is 1. The molecule has 8 heteroatoms. The van der Waals surface area contributed by atoms with Crippen LogP contribution in [-0.2, 0) is 4.74 Å². The molecule has 0 saturated heterocycles. The highest BCUT2D eigenvalue weighted by atomic mass is 19.4. The zero-order chi connectivity index (χ0) is 14.0. The monoisotopic (exact) mass is 270 g/mol. The summed E-state index contributed by atoms with van der Waals surface area (Å²) < 4.78 is 42.0. The van der Waals surface area contributed by atoms with Gasteiger partial charge in [0.05, 0.1) is 0 Å². The summed E-state index contributed by atoms with van der Waals surface area (Å²) in [5.41, 5.74) is 2.20. The van der Waals surface area contributed by atoms with Crippen LogP contribution in [0, 0.1) is 0 Å². The molecule has 0 radical (unpaired) electrons. The first kappa shape index (κ1) is 17.0. The van der Waals surface area contributed by atoms with Gasteiger partial charge in [-0.2, -0.15) is 13.2 Å². The van der Waals surface area contributed by atoms with E-state index in [1.54, 1.807) is 6.92 Å². The fraction of sp³-hybridized carbons (Fsp3) is 0.900. The van der Waals surface area contributed by atoms with E-state index in [0.29, 0.717) is 26.2 Å². The van der Waals surface area contributed by atoms with Gasteiger partial charge in [-0.1, -0.05) is 0 Å². The standard InChI is InChI=1S/C10H21F3N4O/c1-3-17(8-10(11,12)13)9(16-14)15-6-5-7-18-4-2/h3-8,14H2,1-2H3,(H,15,16). The van der Waals surface area contributed by atoms with Crippen molar-refractivity contribution in [1.82, 2.24) is 10.3 Å². The average Bonchev–Trinajstić information content (AvgIpc) is 2.30. The minimum Gasteiger partial charge on any atom is -0.382 e. The third-order valence-electron chi connectivity index (χ3n) is 2.09. The van der Waals surface area contributed by atoms with Gasteiger partial charge in [-0.25, -0.2) is 5.84 Å². The Bertz CT molecular complexity index is 246. The summed E-state index contributed by atoms with van der Waals surface area (Å²) in [6.45, 7) is 4.10. The smallest absolute Gasteiger partial charge is 0.382 e. The van der Waals surface area contributed by atoms with Crippen LogP contribution in [0.2, 0.25) is 0 Å². The van der Waals surface area contributed by atoms with Gasteiger partial charge in [-0.3, -0.25) is 10.4 Å². The Kier molecular flexibility index (Phi) is 8.47. The third kappa shape index (κ3) is 8.13. The summed E-state index contributed by atoms with van der Waals surface area (Å²) >= 11 is 0. The number of alkyl halides is 3. The molecular weight excluding hydrogens is 249 g/mol. The van der Waals surface area contributed by atoms with E-state index in [1.807, 2.05) is 6.92 Å². The van der Waals surface area contributed by atoms with Gasteiger partial charge in [-0.05, 0) is 20.3 Å². The van der Waals surface area contributed by atoms with Crippen LogP contribution >= 0.6 is 0 Å². The number of halogens is 3. The molecule has 0 heterocycles. The van der Waals surface area contributed by atoms with E-state index < -0.39 is 12.7 Å². The summed E-state index contributed by atoms with van der Waals surface area (Å²) in [6.07, 6.45) is -3.64. The first-order valence-corrected chi connectivity index (χ1v) is 5.85. The number of hydrogen-bond acceptors (Lipinski definition) is 3. The molecule has 0 atom stereocenters. The predicted molar refractivity (Wildman–Crippen MR) is 64.0 cm³/mol. The van der Waals surface area contributed by atoms with Crippen molar-refractivity contribution in [2.24, 2.45) is 10.8 Å². The number of hydrazine groups is 1. The Morgan fingerprint density at radius 1 is 1.39 bits per heavy atom. The van der Waals surface area contributed by atoms with Crippen molar-refractivity contribution < 1.29 is 17.9 Å². The summed E-state index contributed by atoms with van der Waals surface area (Å²) in [6, 6.07) is 0. The summed E-state index contributed by atoms with van der Waals surface area (Å²) in [5.74, 6) is 5.24. The lowest BCUT2D eigenvalue weighted by Crippen LogP contribution is -2.48. The van der Waals surface area contributed by atoms with E-state index in [9.17, 15) is 13.2 Å². The van der Waals surface area contributed by atoms with E-state index >= 15 is 0 Å². The van der Waals surface area contributed by atoms with E-state index in [-0.39, 0.29) is 12.5 Å². The van der Waals surface area contributed by atoms with Gasteiger partial charge >= 0.3 is 6.18 Å². The lowest BCUT2D eigenvalue weighted by Gasteiger charge is -2.25. The molecule has 18 heavy (non-hydrogen) atoms. The Morgan fingerprint density at radius 3 is 2.50 bits per heavy atom. The Balaban J connectivity index is 4.28. The van der Waals surface area contributed by atoms with Crippen LogP contribution in [-0.4, -0.2) is 49.9 Å². The highest BCUT2D eigenvalue weighted by molar-refractivity contribution is 5.79. The number of nitrogens with zero attached hydrogens (tertiary/aromatic N) is 2. The van der Waals surface area contributed by atoms with E-state index in [1.165, 1.54) is 0 Å². The number of hydrogen-bond donors (Lipinski definition) is 2. The zero-order valence-corrected chi connectivity index (χ0v) is 10.8. The molecule has 0 rings (SSSR count). The quantitative estimate of drug-likeness (QED) is 0.239. The molecule has 0 aromatic rings. The second-order valence-corrected chi connectivity index (χ2v) is 3.53. The van der Waals surface area contributed by atoms with Crippen LogP contribution in [0.15, 0.2) is 4.99 Å². The first-order chi connectivity index (χ1) is 8.44. The van der Waals surface area contributed by atoms with Gasteiger partial charge in [-0.15, -0.1) is 0 Å². The van der Waals surface area contributed by atoms with Crippen LogP contribution in [0.5, 0.6) is 0 Å². The minimum atomic E-state index is -4.28. The molecule has 0 amide bonds. The molecule has 0 spiro atoms. The summed E-state index contributed by atoms with van der Waals surface area (Å²) in [5, 5.41) is 0. The Labute approximate surface area is 105 Å². The molecule has 0 fully saturated rings. The van der Waals surface area contributed by atoms with E-state index in [2.05, 4.69) is 10.4 Å². The zero-order valence-electron chi connectivity index (χ0n) is 10.8. The normalized spacial score (nSPS) is 12.7. The molecule has 0 saturated carbocycles. The van der Waals surface area contributed by atoms with Crippen molar-refractivity contribution in [2.45, 2.75) is 26.4 Å². The van der Waals surface area contributed by atoms with Crippen molar-refractivity contribution in [2.75, 3.05) is 32.8 Å². The van der Waals surface area contributed by atoms with Crippen molar-refractivity contribution in [1.29, 1.82) is 0 Å². The van der Waals surface area contributed by atoms with Crippen molar-refractivity contribution in [3.8, 4) is 0 Å². The molecule has 3 N–H and O–H groups in total. The fourth-order valence-electron chi connectivity index (χ4n) is 1.29. The van der Waals surface area contributed by atoms with E-state index in [0.717, 1.165) is 4.90 Å². The molecule has 5 nitrogen and oxygen atoms in total. The highest BCUT2D eigenvalue weighted by Crippen LogP contribution is 2.16. The number of rotatable bonds is 7. The number of nitrogens with two attached hydrogens (primary N) is 1. The maximum atomic E-state index is 12.3. The van der Waals surface area contributed by atoms with Crippen LogP contribution in [0.1, 0.15) is 20.3 Å². The lowest BCUT2D eigenvalue weighted by molar-refractivity contribution is -0.137. The van der Waals surface area contributed by atoms with Crippen LogP contribution < -0.4 is 11.3 Å². The van der Waals surface area contributed by atoms with Gasteiger partial charge in [0.1, 0.15) is 6.54 Å². The van der Waals surface area contributed by atoms with Crippen molar-refractivity contribution in [3.05, 3.63) is 0 Å². The lowest BCUT2D eigenvalue weighted by atomic mass is 10.4. The van der Waals surface area contributed by atoms with Crippen LogP contribution in [0.3, 0.4) is 0 Å². The van der Waals surface area contributed by atoms with Gasteiger partial charge in [0, 0.05) is 26.3 Å². The number of ether oxygens (including phenoxy) is 1. The van der Waals surface area contributed by atoms with Crippen molar-refractivity contribution in [3.63, 3.8) is 0 Å². The SMILES string of the molecule is CCOCCCN=C(NN)N(CC)CC(F)(F)F. The summed E-state index contributed by atoms with van der Waals surface area (Å²) in [7, 11) is 0. The molecule has 0 aromatic carbocycles. The second kappa shape index (κ2) is 8.98. The minimum absolute atomic E-state index is 0.0475.